The fourth-order valence-corrected chi connectivity index (χ4v) is 4.24. The van der Waals surface area contributed by atoms with E-state index < -0.39 is 16.0 Å². The van der Waals surface area contributed by atoms with E-state index in [4.69, 9.17) is 27.9 Å². The molecule has 8 heteroatoms. The summed E-state index contributed by atoms with van der Waals surface area (Å²) < 4.78 is 31.8. The van der Waals surface area contributed by atoms with Crippen molar-refractivity contribution in [3.8, 4) is 0 Å². The van der Waals surface area contributed by atoms with Crippen molar-refractivity contribution in [2.75, 3.05) is 13.1 Å². The number of esters is 1. The number of hydrogen-bond donors (Lipinski definition) is 0. The van der Waals surface area contributed by atoms with E-state index in [9.17, 15) is 13.2 Å². The summed E-state index contributed by atoms with van der Waals surface area (Å²) in [4.78, 5) is 12.4. The number of carbonyl (C=O) groups excluding carboxylic acids is 1. The zero-order valence-electron chi connectivity index (χ0n) is 14.4. The van der Waals surface area contributed by atoms with Crippen molar-refractivity contribution in [2.24, 2.45) is 0 Å². The molecule has 2 rings (SSSR count). The first-order chi connectivity index (χ1) is 12.3. The lowest BCUT2D eigenvalue weighted by molar-refractivity contribution is 0.0473. The third-order valence-corrected chi connectivity index (χ3v) is 6.56. The Hall–Kier alpha value is -1.60. The van der Waals surface area contributed by atoms with Gasteiger partial charge in [-0.1, -0.05) is 55.2 Å². The predicted molar refractivity (Wildman–Crippen MR) is 102 cm³/mol. The van der Waals surface area contributed by atoms with Gasteiger partial charge in [-0.15, -0.1) is 0 Å². The molecule has 0 aromatic heterocycles. The molecule has 0 heterocycles. The van der Waals surface area contributed by atoms with E-state index in [1.165, 1.54) is 22.5 Å². The Morgan fingerprint density at radius 1 is 1.04 bits per heavy atom. The van der Waals surface area contributed by atoms with E-state index in [1.807, 2.05) is 0 Å². The first kappa shape index (κ1) is 20.7. The number of carbonyl (C=O) groups is 1. The molecule has 0 radical (unpaired) electrons. The van der Waals surface area contributed by atoms with Crippen molar-refractivity contribution in [1.29, 1.82) is 0 Å². The van der Waals surface area contributed by atoms with Gasteiger partial charge in [0.1, 0.15) is 6.61 Å². The van der Waals surface area contributed by atoms with Crippen molar-refractivity contribution >= 4 is 39.2 Å². The van der Waals surface area contributed by atoms with Crippen molar-refractivity contribution in [3.05, 3.63) is 63.6 Å². The standard InChI is InChI=1S/C18H19Cl2NO4S/c1-3-21(4-2)26(23,24)14-9-10-17(20)15(11-14)18(22)25-12-13-7-5-6-8-16(13)19/h5-11H,3-4,12H2,1-2H3. The van der Waals surface area contributed by atoms with Crippen LogP contribution in [0.1, 0.15) is 29.8 Å². The maximum Gasteiger partial charge on any atom is 0.340 e. The Morgan fingerprint density at radius 3 is 2.31 bits per heavy atom. The normalized spacial score (nSPS) is 11.6. The molecule has 0 spiro atoms. The second kappa shape index (κ2) is 8.86. The Kier molecular flexibility index (Phi) is 7.06. The lowest BCUT2D eigenvalue weighted by Gasteiger charge is -2.19. The average Bonchev–Trinajstić information content (AvgIpc) is 2.61. The lowest BCUT2D eigenvalue weighted by Crippen LogP contribution is -2.30. The topological polar surface area (TPSA) is 63.7 Å². The summed E-state index contributed by atoms with van der Waals surface area (Å²) in [6.45, 7) is 4.11. The van der Waals surface area contributed by atoms with Gasteiger partial charge in [-0.2, -0.15) is 4.31 Å². The van der Waals surface area contributed by atoms with E-state index >= 15 is 0 Å². The second-order valence-electron chi connectivity index (χ2n) is 5.40. The molecule has 0 aliphatic heterocycles. The highest BCUT2D eigenvalue weighted by molar-refractivity contribution is 7.89. The van der Waals surface area contributed by atoms with Crippen LogP contribution in [0.2, 0.25) is 10.0 Å². The van der Waals surface area contributed by atoms with Crippen LogP contribution in [0.15, 0.2) is 47.4 Å². The van der Waals surface area contributed by atoms with Gasteiger partial charge in [-0.25, -0.2) is 13.2 Å². The van der Waals surface area contributed by atoms with E-state index in [0.29, 0.717) is 23.7 Å². The summed E-state index contributed by atoms with van der Waals surface area (Å²) in [6, 6.07) is 11.0. The molecule has 0 fully saturated rings. The highest BCUT2D eigenvalue weighted by Gasteiger charge is 2.24. The lowest BCUT2D eigenvalue weighted by atomic mass is 10.2. The Balaban J connectivity index is 2.26. The first-order valence-electron chi connectivity index (χ1n) is 8.01. The molecule has 0 saturated heterocycles. The molecule has 0 saturated carbocycles. The van der Waals surface area contributed by atoms with E-state index in [-0.39, 0.29) is 22.1 Å². The molecule has 0 bridgehead atoms. The molecule has 26 heavy (non-hydrogen) atoms. The minimum absolute atomic E-state index is 0.00436. The van der Waals surface area contributed by atoms with Crippen molar-refractivity contribution in [2.45, 2.75) is 25.3 Å². The molecule has 0 amide bonds. The number of rotatable bonds is 7. The molecule has 0 N–H and O–H groups in total. The van der Waals surface area contributed by atoms with Gasteiger partial charge in [-0.3, -0.25) is 0 Å². The quantitative estimate of drug-likeness (QED) is 0.629. The Morgan fingerprint density at radius 2 is 1.69 bits per heavy atom. The minimum atomic E-state index is -3.70. The summed E-state index contributed by atoms with van der Waals surface area (Å²) in [5.41, 5.74) is 0.637. The molecule has 0 aliphatic carbocycles. The zero-order chi connectivity index (χ0) is 19.3. The second-order valence-corrected chi connectivity index (χ2v) is 8.15. The van der Waals surface area contributed by atoms with Crippen LogP contribution in [0.3, 0.4) is 0 Å². The zero-order valence-corrected chi connectivity index (χ0v) is 16.7. The Bertz CT molecular complexity index is 896. The van der Waals surface area contributed by atoms with Gasteiger partial charge in [0.2, 0.25) is 10.0 Å². The number of nitrogens with zero attached hydrogens (tertiary/aromatic N) is 1. The maximum absolute atomic E-state index is 12.6. The minimum Gasteiger partial charge on any atom is -0.457 e. The molecule has 2 aromatic rings. The van der Waals surface area contributed by atoms with Gasteiger partial charge >= 0.3 is 5.97 Å². The number of benzene rings is 2. The molecule has 0 aliphatic rings. The fraction of sp³-hybridized carbons (Fsp3) is 0.278. The van der Waals surface area contributed by atoms with Gasteiger partial charge in [0, 0.05) is 23.7 Å². The molecular formula is C18H19Cl2NO4S. The van der Waals surface area contributed by atoms with Crippen LogP contribution in [-0.2, 0) is 21.4 Å². The maximum atomic E-state index is 12.6. The third kappa shape index (κ3) is 4.57. The van der Waals surface area contributed by atoms with Gasteiger partial charge in [0.15, 0.2) is 0 Å². The van der Waals surface area contributed by atoms with Gasteiger partial charge in [0.05, 0.1) is 15.5 Å². The summed E-state index contributed by atoms with van der Waals surface area (Å²) >= 11 is 12.1. The van der Waals surface area contributed by atoms with Gasteiger partial charge < -0.3 is 4.74 Å². The number of sulfonamides is 1. The van der Waals surface area contributed by atoms with E-state index in [1.54, 1.807) is 38.1 Å². The highest BCUT2D eigenvalue weighted by atomic mass is 35.5. The molecule has 140 valence electrons. The molecule has 0 unspecified atom stereocenters. The summed E-state index contributed by atoms with van der Waals surface area (Å²) in [5.74, 6) is -0.716. The molecular weight excluding hydrogens is 397 g/mol. The van der Waals surface area contributed by atoms with Crippen LogP contribution < -0.4 is 0 Å². The van der Waals surface area contributed by atoms with Crippen LogP contribution >= 0.6 is 23.2 Å². The van der Waals surface area contributed by atoms with Crippen molar-refractivity contribution in [1.82, 2.24) is 4.31 Å². The summed E-state index contributed by atoms with van der Waals surface area (Å²) in [7, 11) is -3.70. The predicted octanol–water partition coefficient (Wildman–Crippen LogP) is 4.38. The fourth-order valence-electron chi connectivity index (χ4n) is 2.37. The summed E-state index contributed by atoms with van der Waals surface area (Å²) in [6.07, 6.45) is 0. The van der Waals surface area contributed by atoms with Crippen molar-refractivity contribution < 1.29 is 17.9 Å². The smallest absolute Gasteiger partial charge is 0.340 e. The molecule has 2 aromatic carbocycles. The summed E-state index contributed by atoms with van der Waals surface area (Å²) in [5, 5.41) is 0.594. The average molecular weight is 416 g/mol. The molecule has 5 nitrogen and oxygen atoms in total. The van der Waals surface area contributed by atoms with Crippen molar-refractivity contribution in [3.63, 3.8) is 0 Å². The van der Waals surface area contributed by atoms with Crippen LogP contribution in [0, 0.1) is 0 Å². The van der Waals surface area contributed by atoms with Gasteiger partial charge in [-0.05, 0) is 24.3 Å². The Labute approximate surface area is 163 Å². The third-order valence-electron chi connectivity index (χ3n) is 3.82. The SMILES string of the molecule is CCN(CC)S(=O)(=O)c1ccc(Cl)c(C(=O)OCc2ccccc2Cl)c1. The van der Waals surface area contributed by atoms with Crippen LogP contribution in [0.25, 0.3) is 0 Å². The van der Waals surface area contributed by atoms with E-state index in [2.05, 4.69) is 0 Å². The number of halogens is 2. The highest BCUT2D eigenvalue weighted by Crippen LogP contribution is 2.24. The van der Waals surface area contributed by atoms with E-state index in [0.717, 1.165) is 0 Å². The largest absolute Gasteiger partial charge is 0.457 e. The number of ether oxygens (including phenoxy) is 1. The van der Waals surface area contributed by atoms with Crippen LogP contribution in [-0.4, -0.2) is 31.8 Å². The van der Waals surface area contributed by atoms with Crippen LogP contribution in [0.4, 0.5) is 0 Å². The first-order valence-corrected chi connectivity index (χ1v) is 10.2. The van der Waals surface area contributed by atoms with Gasteiger partial charge in [0.25, 0.3) is 0 Å². The monoisotopic (exact) mass is 415 g/mol. The number of hydrogen-bond acceptors (Lipinski definition) is 4. The van der Waals surface area contributed by atoms with Crippen LogP contribution in [0.5, 0.6) is 0 Å². The molecule has 0 atom stereocenters.